The van der Waals surface area contributed by atoms with Gasteiger partial charge in [0.05, 0.1) is 13.0 Å². The Morgan fingerprint density at radius 1 is 1.25 bits per heavy atom. The third-order valence-corrected chi connectivity index (χ3v) is 5.21. The Labute approximate surface area is 166 Å². The molecule has 0 spiro atoms. The van der Waals surface area contributed by atoms with Gasteiger partial charge in [0.15, 0.2) is 0 Å². The van der Waals surface area contributed by atoms with Gasteiger partial charge in [-0.1, -0.05) is 24.3 Å². The maximum atomic E-state index is 12.9. The van der Waals surface area contributed by atoms with Crippen molar-refractivity contribution in [3.8, 4) is 5.75 Å². The standard InChI is InChI=1S/C22H27N3O3/c1-24(14-12-19-8-5-6-13-23-19)22(27)18-10-11-21(26)25(16-18)15-17-7-3-4-9-20(17)28-2/h3-9,13,18H,10-12,14-16H2,1-2H3. The third-order valence-electron chi connectivity index (χ3n) is 5.21. The zero-order valence-corrected chi connectivity index (χ0v) is 16.5. The molecule has 3 rings (SSSR count). The molecule has 1 fully saturated rings. The molecule has 1 saturated heterocycles. The number of carbonyl (C=O) groups excluding carboxylic acids is 2. The molecule has 6 nitrogen and oxygen atoms in total. The highest BCUT2D eigenvalue weighted by molar-refractivity contribution is 5.83. The van der Waals surface area contributed by atoms with Crippen LogP contribution in [0.3, 0.4) is 0 Å². The van der Waals surface area contributed by atoms with E-state index in [1.165, 1.54) is 0 Å². The molecule has 6 heteroatoms. The Hall–Kier alpha value is -2.89. The van der Waals surface area contributed by atoms with Crippen LogP contribution in [0.1, 0.15) is 24.1 Å². The van der Waals surface area contributed by atoms with Gasteiger partial charge in [0.2, 0.25) is 11.8 Å². The van der Waals surface area contributed by atoms with Crippen molar-refractivity contribution in [1.82, 2.24) is 14.8 Å². The maximum Gasteiger partial charge on any atom is 0.227 e. The molecule has 0 N–H and O–H groups in total. The number of para-hydroxylation sites is 1. The van der Waals surface area contributed by atoms with Gasteiger partial charge >= 0.3 is 0 Å². The van der Waals surface area contributed by atoms with Crippen LogP contribution in [0.4, 0.5) is 0 Å². The van der Waals surface area contributed by atoms with Crippen molar-refractivity contribution in [2.45, 2.75) is 25.8 Å². The first-order valence-electron chi connectivity index (χ1n) is 9.63. The van der Waals surface area contributed by atoms with Crippen LogP contribution in [0, 0.1) is 5.92 Å². The molecule has 28 heavy (non-hydrogen) atoms. The summed E-state index contributed by atoms with van der Waals surface area (Å²) in [4.78, 5) is 33.1. The van der Waals surface area contributed by atoms with E-state index >= 15 is 0 Å². The van der Waals surface area contributed by atoms with Crippen LogP contribution in [0.5, 0.6) is 5.75 Å². The van der Waals surface area contributed by atoms with E-state index in [9.17, 15) is 9.59 Å². The van der Waals surface area contributed by atoms with Gasteiger partial charge in [-0.2, -0.15) is 0 Å². The van der Waals surface area contributed by atoms with Crippen molar-refractivity contribution in [1.29, 1.82) is 0 Å². The molecule has 0 bridgehead atoms. The van der Waals surface area contributed by atoms with Crippen LogP contribution in [0.2, 0.25) is 0 Å². The number of piperidine rings is 1. The number of benzene rings is 1. The van der Waals surface area contributed by atoms with Crippen LogP contribution in [0.25, 0.3) is 0 Å². The number of pyridine rings is 1. The molecule has 148 valence electrons. The van der Waals surface area contributed by atoms with Gasteiger partial charge in [0, 0.05) is 57.0 Å². The molecule has 1 aromatic carbocycles. The predicted molar refractivity (Wildman–Crippen MR) is 107 cm³/mol. The molecule has 2 heterocycles. The summed E-state index contributed by atoms with van der Waals surface area (Å²) in [5.41, 5.74) is 1.92. The summed E-state index contributed by atoms with van der Waals surface area (Å²) >= 11 is 0. The van der Waals surface area contributed by atoms with Crippen LogP contribution < -0.4 is 4.74 Å². The quantitative estimate of drug-likeness (QED) is 0.739. The molecule has 1 unspecified atom stereocenters. The van der Waals surface area contributed by atoms with Crippen molar-refractivity contribution >= 4 is 11.8 Å². The monoisotopic (exact) mass is 381 g/mol. The van der Waals surface area contributed by atoms with E-state index < -0.39 is 0 Å². The number of amides is 2. The number of hydrogen-bond donors (Lipinski definition) is 0. The van der Waals surface area contributed by atoms with Gasteiger partial charge in [-0.05, 0) is 24.6 Å². The minimum absolute atomic E-state index is 0.0890. The Kier molecular flexibility index (Phi) is 6.63. The number of nitrogens with zero attached hydrogens (tertiary/aromatic N) is 3. The highest BCUT2D eigenvalue weighted by Gasteiger charge is 2.32. The Morgan fingerprint density at radius 3 is 2.79 bits per heavy atom. The lowest BCUT2D eigenvalue weighted by molar-refractivity contribution is -0.142. The van der Waals surface area contributed by atoms with Crippen molar-refractivity contribution in [2.75, 3.05) is 27.2 Å². The number of likely N-dealkylation sites (N-methyl/N-ethyl adjacent to an activating group) is 1. The molecule has 1 atom stereocenters. The van der Waals surface area contributed by atoms with Crippen LogP contribution >= 0.6 is 0 Å². The summed E-state index contributed by atoms with van der Waals surface area (Å²) < 4.78 is 5.39. The SMILES string of the molecule is COc1ccccc1CN1CC(C(=O)N(C)CCc2ccccn2)CCC1=O. The predicted octanol–water partition coefficient (Wildman–Crippen LogP) is 2.53. The molecule has 1 aliphatic heterocycles. The Morgan fingerprint density at radius 2 is 2.04 bits per heavy atom. The van der Waals surface area contributed by atoms with Gasteiger partial charge < -0.3 is 14.5 Å². The summed E-state index contributed by atoms with van der Waals surface area (Å²) in [6.45, 7) is 1.53. The molecule has 2 aromatic rings. The molecule has 0 radical (unpaired) electrons. The number of ether oxygens (including phenoxy) is 1. The molecular weight excluding hydrogens is 354 g/mol. The lowest BCUT2D eigenvalue weighted by Crippen LogP contribution is -2.46. The minimum atomic E-state index is -0.166. The number of rotatable bonds is 7. The van der Waals surface area contributed by atoms with Crippen molar-refractivity contribution in [2.24, 2.45) is 5.92 Å². The van der Waals surface area contributed by atoms with Crippen molar-refractivity contribution < 1.29 is 14.3 Å². The van der Waals surface area contributed by atoms with Gasteiger partial charge in [0.1, 0.15) is 5.75 Å². The molecule has 1 aliphatic rings. The highest BCUT2D eigenvalue weighted by Crippen LogP contribution is 2.25. The fourth-order valence-electron chi connectivity index (χ4n) is 3.56. The van der Waals surface area contributed by atoms with E-state index in [0.29, 0.717) is 32.5 Å². The van der Waals surface area contributed by atoms with E-state index in [2.05, 4.69) is 4.98 Å². The largest absolute Gasteiger partial charge is 0.496 e. The van der Waals surface area contributed by atoms with Gasteiger partial charge in [0.25, 0.3) is 0 Å². The topological polar surface area (TPSA) is 62.7 Å². The molecule has 0 saturated carbocycles. The van der Waals surface area contributed by atoms with E-state index in [-0.39, 0.29) is 17.7 Å². The average Bonchev–Trinajstić information content (AvgIpc) is 2.74. The summed E-state index contributed by atoms with van der Waals surface area (Å²) in [5.74, 6) is 0.775. The summed E-state index contributed by atoms with van der Waals surface area (Å²) in [7, 11) is 3.45. The average molecular weight is 381 g/mol. The second kappa shape index (κ2) is 9.35. The fraction of sp³-hybridized carbons (Fsp3) is 0.409. The van der Waals surface area contributed by atoms with E-state index in [0.717, 1.165) is 23.4 Å². The first-order chi connectivity index (χ1) is 13.6. The van der Waals surface area contributed by atoms with E-state index in [1.807, 2.05) is 49.5 Å². The van der Waals surface area contributed by atoms with Crippen LogP contribution in [-0.2, 0) is 22.6 Å². The minimum Gasteiger partial charge on any atom is -0.496 e. The lowest BCUT2D eigenvalue weighted by atomic mass is 9.95. The van der Waals surface area contributed by atoms with Gasteiger partial charge in [-0.3, -0.25) is 14.6 Å². The van der Waals surface area contributed by atoms with Crippen molar-refractivity contribution in [3.05, 3.63) is 59.9 Å². The Bertz CT molecular complexity index is 810. The summed E-state index contributed by atoms with van der Waals surface area (Å²) in [6, 6.07) is 13.5. The molecule has 2 amide bonds. The molecule has 1 aromatic heterocycles. The molecular formula is C22H27N3O3. The smallest absolute Gasteiger partial charge is 0.227 e. The van der Waals surface area contributed by atoms with Crippen LogP contribution in [-0.4, -0.2) is 53.8 Å². The zero-order valence-electron chi connectivity index (χ0n) is 16.5. The summed E-state index contributed by atoms with van der Waals surface area (Å²) in [5, 5.41) is 0. The van der Waals surface area contributed by atoms with Gasteiger partial charge in [-0.15, -0.1) is 0 Å². The Balaban J connectivity index is 1.59. The van der Waals surface area contributed by atoms with E-state index in [1.54, 1.807) is 23.1 Å². The summed E-state index contributed by atoms with van der Waals surface area (Å²) in [6.07, 6.45) is 3.49. The first-order valence-corrected chi connectivity index (χ1v) is 9.63. The second-order valence-electron chi connectivity index (χ2n) is 7.15. The normalized spacial score (nSPS) is 16.7. The number of methoxy groups -OCH3 is 1. The second-order valence-corrected chi connectivity index (χ2v) is 7.15. The third kappa shape index (κ3) is 4.88. The highest BCUT2D eigenvalue weighted by atomic mass is 16.5. The molecule has 0 aliphatic carbocycles. The van der Waals surface area contributed by atoms with Crippen molar-refractivity contribution in [3.63, 3.8) is 0 Å². The number of hydrogen-bond acceptors (Lipinski definition) is 4. The fourth-order valence-corrected chi connectivity index (χ4v) is 3.56. The van der Waals surface area contributed by atoms with E-state index in [4.69, 9.17) is 4.74 Å². The number of carbonyl (C=O) groups is 2. The zero-order chi connectivity index (χ0) is 19.9. The van der Waals surface area contributed by atoms with Crippen LogP contribution in [0.15, 0.2) is 48.7 Å². The number of aromatic nitrogens is 1. The number of likely N-dealkylation sites (tertiary alicyclic amines) is 1. The maximum absolute atomic E-state index is 12.9. The first kappa shape index (κ1) is 19.9. The van der Waals surface area contributed by atoms with Gasteiger partial charge in [-0.25, -0.2) is 0 Å². The lowest BCUT2D eigenvalue weighted by Gasteiger charge is -2.34.